The molecule has 4 aliphatic carbocycles. The second-order valence-corrected chi connectivity index (χ2v) is 12.0. The summed E-state index contributed by atoms with van der Waals surface area (Å²) < 4.78 is 3.56. The van der Waals surface area contributed by atoms with Gasteiger partial charge in [-0.05, 0) is 87.5 Å². The lowest BCUT2D eigenvalue weighted by Crippen LogP contribution is -2.50. The van der Waals surface area contributed by atoms with Crippen LogP contribution in [0.3, 0.4) is 0 Å². The summed E-state index contributed by atoms with van der Waals surface area (Å²) in [6.07, 6.45) is 7.23. The van der Waals surface area contributed by atoms with Gasteiger partial charge in [0.2, 0.25) is 5.78 Å². The number of aromatic nitrogens is 4. The zero-order valence-corrected chi connectivity index (χ0v) is 20.6. The van der Waals surface area contributed by atoms with Crippen molar-refractivity contribution in [1.29, 1.82) is 0 Å². The molecule has 2 aromatic carbocycles. The van der Waals surface area contributed by atoms with E-state index >= 15 is 0 Å². The molecule has 2 heterocycles. The summed E-state index contributed by atoms with van der Waals surface area (Å²) in [6.45, 7) is 2.02. The van der Waals surface area contributed by atoms with Gasteiger partial charge in [-0.2, -0.15) is 0 Å². The molecule has 6 nitrogen and oxygen atoms in total. The van der Waals surface area contributed by atoms with E-state index in [1.807, 2.05) is 59.9 Å². The Balaban J connectivity index is 1.28. The maximum Gasteiger partial charge on any atom is 0.267 e. The zero-order chi connectivity index (χ0) is 23.7. The van der Waals surface area contributed by atoms with E-state index in [0.717, 1.165) is 53.8 Å². The van der Waals surface area contributed by atoms with Gasteiger partial charge in [-0.25, -0.2) is 4.57 Å². The van der Waals surface area contributed by atoms with Gasteiger partial charge in [0.15, 0.2) is 5.16 Å². The van der Waals surface area contributed by atoms with Crippen molar-refractivity contribution in [2.75, 3.05) is 5.75 Å². The Morgan fingerprint density at radius 1 is 0.971 bits per heavy atom. The topological polar surface area (TPSA) is 69.3 Å². The first kappa shape index (κ1) is 21.4. The summed E-state index contributed by atoms with van der Waals surface area (Å²) >= 11 is 1.47. The highest BCUT2D eigenvalue weighted by Gasteiger charge is 2.54. The quantitative estimate of drug-likeness (QED) is 0.363. The van der Waals surface area contributed by atoms with Crippen LogP contribution >= 0.6 is 11.8 Å². The molecule has 4 aromatic rings. The molecule has 0 atom stereocenters. The Bertz CT molecular complexity index is 1500. The van der Waals surface area contributed by atoms with Crippen molar-refractivity contribution in [1.82, 2.24) is 19.2 Å². The van der Waals surface area contributed by atoms with Crippen molar-refractivity contribution in [2.45, 2.75) is 50.6 Å². The average molecular weight is 485 g/mol. The Morgan fingerprint density at radius 3 is 2.31 bits per heavy atom. The first-order valence-electron chi connectivity index (χ1n) is 12.6. The third-order valence-electron chi connectivity index (χ3n) is 8.65. The van der Waals surface area contributed by atoms with Crippen LogP contribution in [0.15, 0.2) is 58.5 Å². The van der Waals surface area contributed by atoms with Crippen LogP contribution in [0.2, 0.25) is 0 Å². The number of hydrogen-bond donors (Lipinski definition) is 0. The van der Waals surface area contributed by atoms with E-state index in [1.165, 1.54) is 31.0 Å². The van der Waals surface area contributed by atoms with Gasteiger partial charge >= 0.3 is 0 Å². The van der Waals surface area contributed by atoms with Crippen molar-refractivity contribution in [3.05, 3.63) is 64.4 Å². The van der Waals surface area contributed by atoms with Crippen LogP contribution in [0.5, 0.6) is 0 Å². The molecule has 0 saturated heterocycles. The summed E-state index contributed by atoms with van der Waals surface area (Å²) in [6, 6.07) is 15.4. The Labute approximate surface area is 207 Å². The monoisotopic (exact) mass is 484 g/mol. The molecule has 4 saturated carbocycles. The van der Waals surface area contributed by atoms with Gasteiger partial charge in [-0.15, -0.1) is 10.2 Å². The molecule has 4 bridgehead atoms. The molecule has 7 heteroatoms. The molecule has 2 aromatic heterocycles. The number of thioether (sulfide) groups is 1. The van der Waals surface area contributed by atoms with Crippen LogP contribution < -0.4 is 5.56 Å². The van der Waals surface area contributed by atoms with Crippen molar-refractivity contribution < 1.29 is 4.79 Å². The Kier molecular flexibility index (Phi) is 4.75. The molecule has 4 fully saturated rings. The van der Waals surface area contributed by atoms with Gasteiger partial charge < -0.3 is 0 Å². The maximum atomic E-state index is 13.6. The maximum absolute atomic E-state index is 13.6. The zero-order valence-electron chi connectivity index (χ0n) is 19.8. The van der Waals surface area contributed by atoms with Crippen molar-refractivity contribution in [2.24, 2.45) is 23.2 Å². The molecule has 0 radical (unpaired) electrons. The van der Waals surface area contributed by atoms with Gasteiger partial charge in [-0.3, -0.25) is 14.0 Å². The highest BCUT2D eigenvalue weighted by Crippen LogP contribution is 2.60. The van der Waals surface area contributed by atoms with Crippen molar-refractivity contribution >= 4 is 34.2 Å². The van der Waals surface area contributed by atoms with Gasteiger partial charge in [0.25, 0.3) is 5.56 Å². The predicted octanol–water partition coefficient (Wildman–Crippen LogP) is 5.22. The molecule has 0 N–H and O–H groups in total. The molecule has 0 aliphatic heterocycles. The second kappa shape index (κ2) is 7.79. The van der Waals surface area contributed by atoms with Crippen LogP contribution in [0.1, 0.15) is 44.1 Å². The molecular formula is C28H28N4O2S. The minimum atomic E-state index is -0.120. The van der Waals surface area contributed by atoms with Crippen LogP contribution in [0.4, 0.5) is 0 Å². The predicted molar refractivity (Wildman–Crippen MR) is 137 cm³/mol. The number of rotatable bonds is 5. The Hall–Kier alpha value is -2.93. The summed E-state index contributed by atoms with van der Waals surface area (Å²) in [5, 5.41) is 10.2. The van der Waals surface area contributed by atoms with Gasteiger partial charge in [0.05, 0.1) is 22.3 Å². The fraction of sp³-hybridized carbons (Fsp3) is 0.429. The van der Waals surface area contributed by atoms with Gasteiger partial charge in [0.1, 0.15) is 5.78 Å². The van der Waals surface area contributed by atoms with E-state index in [4.69, 9.17) is 0 Å². The Morgan fingerprint density at radius 2 is 1.63 bits per heavy atom. The average Bonchev–Trinajstić information content (AvgIpc) is 3.27. The molecule has 0 spiro atoms. The smallest absolute Gasteiger partial charge is 0.267 e. The van der Waals surface area contributed by atoms with E-state index in [1.54, 1.807) is 4.57 Å². The van der Waals surface area contributed by atoms with E-state index in [-0.39, 0.29) is 11.0 Å². The van der Waals surface area contributed by atoms with Crippen molar-refractivity contribution in [3.63, 3.8) is 0 Å². The van der Waals surface area contributed by atoms with E-state index in [9.17, 15) is 9.59 Å². The molecule has 178 valence electrons. The number of benzene rings is 2. The first-order valence-corrected chi connectivity index (χ1v) is 13.6. The number of aryl methyl sites for hydroxylation is 1. The number of para-hydroxylation sites is 1. The fourth-order valence-corrected chi connectivity index (χ4v) is 8.41. The highest BCUT2D eigenvalue weighted by molar-refractivity contribution is 7.99. The molecule has 35 heavy (non-hydrogen) atoms. The van der Waals surface area contributed by atoms with Crippen LogP contribution in [0, 0.1) is 30.1 Å². The summed E-state index contributed by atoms with van der Waals surface area (Å²) in [5.41, 5.74) is 2.41. The molecule has 0 unspecified atom stereocenters. The number of Topliss-reactive ketones (excluding diaryl/α,β-unsaturated/α-hetero) is 1. The third kappa shape index (κ3) is 3.31. The molecule has 4 aliphatic rings. The van der Waals surface area contributed by atoms with Crippen LogP contribution in [-0.4, -0.2) is 30.7 Å². The molecular weight excluding hydrogens is 456 g/mol. The summed E-state index contributed by atoms with van der Waals surface area (Å²) in [4.78, 5) is 27.1. The van der Waals surface area contributed by atoms with Gasteiger partial charge in [0, 0.05) is 5.41 Å². The number of nitrogens with zero attached hydrogens (tertiary/aromatic N) is 4. The number of ketones is 1. The minimum absolute atomic E-state index is 0.117. The van der Waals surface area contributed by atoms with Gasteiger partial charge in [-0.1, -0.05) is 41.6 Å². The lowest BCUT2D eigenvalue weighted by molar-refractivity contribution is -0.141. The van der Waals surface area contributed by atoms with Crippen molar-refractivity contribution in [3.8, 4) is 5.69 Å². The second-order valence-electron chi connectivity index (χ2n) is 11.0. The summed E-state index contributed by atoms with van der Waals surface area (Å²) in [5.74, 6) is 3.51. The van der Waals surface area contributed by atoms with Crippen LogP contribution in [0.25, 0.3) is 22.4 Å². The first-order chi connectivity index (χ1) is 17.0. The van der Waals surface area contributed by atoms with Crippen LogP contribution in [-0.2, 0) is 4.79 Å². The lowest BCUT2D eigenvalue weighted by atomic mass is 9.48. The molecule has 8 rings (SSSR count). The largest absolute Gasteiger partial charge is 0.298 e. The molecule has 0 amide bonds. The number of fused-ring (bicyclic) bond motifs is 3. The van der Waals surface area contributed by atoms with E-state index < -0.39 is 0 Å². The normalized spacial score (nSPS) is 27.2. The highest BCUT2D eigenvalue weighted by atomic mass is 32.2. The third-order valence-corrected chi connectivity index (χ3v) is 9.58. The lowest BCUT2D eigenvalue weighted by Gasteiger charge is -2.56. The minimum Gasteiger partial charge on any atom is -0.298 e. The number of hydrogen-bond acceptors (Lipinski definition) is 5. The van der Waals surface area contributed by atoms with E-state index in [2.05, 4.69) is 10.2 Å². The summed E-state index contributed by atoms with van der Waals surface area (Å²) in [7, 11) is 0. The SMILES string of the molecule is Cc1ccc(-n2c(=O)c3ccccc3n3c(SCC(=O)C45CC6CC(CC(C6)C4)C5)nnc23)cc1. The van der Waals surface area contributed by atoms with E-state index in [0.29, 0.717) is 27.9 Å². The number of carbonyl (C=O) groups is 1. The standard InChI is InChI=1S/C28H28N4O2S/c1-17-6-8-21(9-7-17)31-25(34)22-4-2-3-5-23(22)32-26(31)29-30-27(32)35-16-24(33)28-13-18-10-19(14-28)12-20(11-18)15-28/h2-9,18-20H,10-16H2,1H3. The fourth-order valence-electron chi connectivity index (χ4n) is 7.43. The number of carbonyl (C=O) groups excluding carboxylic acids is 1.